The van der Waals surface area contributed by atoms with Gasteiger partial charge in [0.2, 0.25) is 11.8 Å². The molecule has 5 nitrogen and oxygen atoms in total. The van der Waals surface area contributed by atoms with Gasteiger partial charge < -0.3 is 15.4 Å². The minimum Gasteiger partial charge on any atom is -0.493 e. The molecule has 0 fully saturated rings. The number of benzene rings is 2. The summed E-state index contributed by atoms with van der Waals surface area (Å²) in [4.78, 5) is 23.7. The van der Waals surface area contributed by atoms with Crippen LogP contribution in [0.25, 0.3) is 0 Å². The molecule has 0 radical (unpaired) electrons. The third-order valence-electron chi connectivity index (χ3n) is 4.63. The second kappa shape index (κ2) is 10.5. The number of hydrogen-bond donors (Lipinski definition) is 2. The molecule has 0 aliphatic rings. The molecule has 0 unspecified atom stereocenters. The van der Waals surface area contributed by atoms with Gasteiger partial charge in [0.15, 0.2) is 0 Å². The Kier molecular flexibility index (Phi) is 8.05. The van der Waals surface area contributed by atoms with Crippen LogP contribution in [-0.2, 0) is 9.59 Å². The highest BCUT2D eigenvalue weighted by atomic mass is 16.5. The largest absolute Gasteiger partial charge is 0.493 e. The summed E-state index contributed by atoms with van der Waals surface area (Å²) in [6, 6.07) is 13.4. The molecule has 28 heavy (non-hydrogen) atoms. The number of amides is 2. The fourth-order valence-electron chi connectivity index (χ4n) is 3.07. The summed E-state index contributed by atoms with van der Waals surface area (Å²) < 4.78 is 5.88. The van der Waals surface area contributed by atoms with Gasteiger partial charge in [0.1, 0.15) is 5.75 Å². The molecular formula is C23H30N2O3. The van der Waals surface area contributed by atoms with Crippen LogP contribution in [0.5, 0.6) is 5.75 Å². The number of aryl methyl sites for hydroxylation is 2. The van der Waals surface area contributed by atoms with Crippen molar-refractivity contribution in [3.05, 3.63) is 64.7 Å². The second-order valence-electron chi connectivity index (χ2n) is 7.12. The van der Waals surface area contributed by atoms with Crippen LogP contribution >= 0.6 is 0 Å². The molecule has 0 bridgehead atoms. The van der Waals surface area contributed by atoms with Gasteiger partial charge in [-0.25, -0.2) is 0 Å². The zero-order valence-electron chi connectivity index (χ0n) is 17.2. The van der Waals surface area contributed by atoms with Gasteiger partial charge in [0.05, 0.1) is 19.1 Å². The Bertz CT molecular complexity index is 803. The molecule has 1 atom stereocenters. The van der Waals surface area contributed by atoms with Crippen molar-refractivity contribution in [2.24, 2.45) is 0 Å². The summed E-state index contributed by atoms with van der Waals surface area (Å²) in [7, 11) is 0. The molecule has 0 saturated carbocycles. The summed E-state index contributed by atoms with van der Waals surface area (Å²) >= 11 is 0. The van der Waals surface area contributed by atoms with Crippen LogP contribution in [0, 0.1) is 20.8 Å². The van der Waals surface area contributed by atoms with E-state index in [0.29, 0.717) is 19.6 Å². The molecule has 150 valence electrons. The molecular weight excluding hydrogens is 352 g/mol. The lowest BCUT2D eigenvalue weighted by molar-refractivity contribution is -0.122. The summed E-state index contributed by atoms with van der Waals surface area (Å²) in [5, 5.41) is 5.75. The zero-order chi connectivity index (χ0) is 20.5. The molecule has 0 aliphatic carbocycles. The SMILES string of the molecule is CC(=O)N[C@@H](CC(=O)NCCCOc1cc(C)cc(C)c1C)c1ccccc1. The second-order valence-corrected chi connectivity index (χ2v) is 7.12. The average Bonchev–Trinajstić information content (AvgIpc) is 2.65. The van der Waals surface area contributed by atoms with Gasteiger partial charge in [-0.3, -0.25) is 9.59 Å². The van der Waals surface area contributed by atoms with Crippen molar-refractivity contribution in [1.29, 1.82) is 0 Å². The van der Waals surface area contributed by atoms with E-state index in [1.54, 1.807) is 0 Å². The van der Waals surface area contributed by atoms with Crippen molar-refractivity contribution in [2.45, 2.75) is 46.6 Å². The standard InChI is InChI=1S/C23H30N2O3/c1-16-13-17(2)18(3)22(14-16)28-12-8-11-24-23(27)15-21(25-19(4)26)20-9-6-5-7-10-20/h5-7,9-10,13-14,21H,8,11-12,15H2,1-4H3,(H,24,27)(H,25,26)/t21-/m0/s1. The Hall–Kier alpha value is -2.82. The molecule has 2 aromatic carbocycles. The van der Waals surface area contributed by atoms with Crippen LogP contribution in [-0.4, -0.2) is 25.0 Å². The van der Waals surface area contributed by atoms with E-state index in [2.05, 4.69) is 37.5 Å². The average molecular weight is 383 g/mol. The smallest absolute Gasteiger partial charge is 0.222 e. The maximum absolute atomic E-state index is 12.3. The normalized spacial score (nSPS) is 11.6. The minimum atomic E-state index is -0.326. The first kappa shape index (κ1) is 21.5. The highest BCUT2D eigenvalue weighted by molar-refractivity contribution is 5.79. The van der Waals surface area contributed by atoms with E-state index in [1.807, 2.05) is 36.4 Å². The molecule has 0 saturated heterocycles. The minimum absolute atomic E-state index is 0.0924. The molecule has 0 spiro atoms. The van der Waals surface area contributed by atoms with Crippen LogP contribution in [0.15, 0.2) is 42.5 Å². The molecule has 2 rings (SSSR count). The van der Waals surface area contributed by atoms with Gasteiger partial charge in [-0.15, -0.1) is 0 Å². The number of nitrogens with one attached hydrogen (secondary N) is 2. The fraction of sp³-hybridized carbons (Fsp3) is 0.391. The van der Waals surface area contributed by atoms with E-state index in [-0.39, 0.29) is 24.3 Å². The summed E-state index contributed by atoms with van der Waals surface area (Å²) in [6.45, 7) is 8.71. The molecule has 2 amide bonds. The number of carbonyl (C=O) groups excluding carboxylic acids is 2. The van der Waals surface area contributed by atoms with E-state index in [4.69, 9.17) is 4.74 Å². The van der Waals surface area contributed by atoms with Crippen molar-refractivity contribution in [2.75, 3.05) is 13.2 Å². The van der Waals surface area contributed by atoms with Crippen LogP contribution in [0.2, 0.25) is 0 Å². The maximum Gasteiger partial charge on any atom is 0.222 e. The topological polar surface area (TPSA) is 67.4 Å². The zero-order valence-corrected chi connectivity index (χ0v) is 17.2. The lowest BCUT2D eigenvalue weighted by atomic mass is 10.0. The van der Waals surface area contributed by atoms with Crippen LogP contribution in [0.3, 0.4) is 0 Å². The summed E-state index contributed by atoms with van der Waals surface area (Å²) in [6.07, 6.45) is 0.926. The molecule has 0 aromatic heterocycles. The first-order valence-corrected chi connectivity index (χ1v) is 9.66. The number of hydrogen-bond acceptors (Lipinski definition) is 3. The molecule has 0 aliphatic heterocycles. The van der Waals surface area contributed by atoms with Gasteiger partial charge >= 0.3 is 0 Å². The van der Waals surface area contributed by atoms with Gasteiger partial charge in [-0.05, 0) is 55.5 Å². The van der Waals surface area contributed by atoms with Crippen LogP contribution in [0.1, 0.15) is 48.1 Å². The van der Waals surface area contributed by atoms with Crippen molar-refractivity contribution >= 4 is 11.8 Å². The number of carbonyl (C=O) groups is 2. The Morgan fingerprint density at radius 3 is 2.46 bits per heavy atom. The lowest BCUT2D eigenvalue weighted by Crippen LogP contribution is -2.33. The van der Waals surface area contributed by atoms with Crippen molar-refractivity contribution in [3.8, 4) is 5.75 Å². The van der Waals surface area contributed by atoms with Gasteiger partial charge in [0, 0.05) is 13.5 Å². The Morgan fingerprint density at radius 1 is 1.07 bits per heavy atom. The number of rotatable bonds is 9. The predicted octanol–water partition coefficient (Wildman–Crippen LogP) is 3.76. The fourth-order valence-corrected chi connectivity index (χ4v) is 3.07. The monoisotopic (exact) mass is 382 g/mol. The lowest BCUT2D eigenvalue weighted by Gasteiger charge is -2.18. The maximum atomic E-state index is 12.3. The molecule has 0 heterocycles. The Balaban J connectivity index is 1.78. The van der Waals surface area contributed by atoms with Gasteiger partial charge in [-0.1, -0.05) is 36.4 Å². The summed E-state index contributed by atoms with van der Waals surface area (Å²) in [5.74, 6) is 0.655. The Labute approximate surface area is 167 Å². The van der Waals surface area contributed by atoms with Crippen LogP contribution < -0.4 is 15.4 Å². The van der Waals surface area contributed by atoms with Crippen molar-refractivity contribution < 1.29 is 14.3 Å². The molecule has 2 N–H and O–H groups in total. The highest BCUT2D eigenvalue weighted by Crippen LogP contribution is 2.23. The van der Waals surface area contributed by atoms with Gasteiger partial charge in [0.25, 0.3) is 0 Å². The van der Waals surface area contributed by atoms with Crippen molar-refractivity contribution in [1.82, 2.24) is 10.6 Å². The van der Waals surface area contributed by atoms with E-state index >= 15 is 0 Å². The molecule has 5 heteroatoms. The third-order valence-corrected chi connectivity index (χ3v) is 4.63. The predicted molar refractivity (Wildman–Crippen MR) is 111 cm³/mol. The third kappa shape index (κ3) is 6.72. The molecule has 2 aromatic rings. The number of ether oxygens (including phenoxy) is 1. The highest BCUT2D eigenvalue weighted by Gasteiger charge is 2.16. The van der Waals surface area contributed by atoms with E-state index in [9.17, 15) is 9.59 Å². The van der Waals surface area contributed by atoms with E-state index < -0.39 is 0 Å². The van der Waals surface area contributed by atoms with E-state index in [1.165, 1.54) is 18.1 Å². The van der Waals surface area contributed by atoms with Crippen LogP contribution in [0.4, 0.5) is 0 Å². The quantitative estimate of drug-likeness (QED) is 0.649. The van der Waals surface area contributed by atoms with Gasteiger partial charge in [-0.2, -0.15) is 0 Å². The summed E-state index contributed by atoms with van der Waals surface area (Å²) in [5.41, 5.74) is 4.46. The Morgan fingerprint density at radius 2 is 1.79 bits per heavy atom. The first-order chi connectivity index (χ1) is 13.4. The van der Waals surface area contributed by atoms with Crippen molar-refractivity contribution in [3.63, 3.8) is 0 Å². The first-order valence-electron chi connectivity index (χ1n) is 9.66. The van der Waals surface area contributed by atoms with E-state index in [0.717, 1.165) is 16.9 Å².